The third-order valence-electron chi connectivity index (χ3n) is 2.86. The van der Waals surface area contributed by atoms with Gasteiger partial charge in [0.2, 0.25) is 0 Å². The second-order valence-corrected chi connectivity index (χ2v) is 4.16. The first-order chi connectivity index (χ1) is 8.66. The molecular formula is C13H11N3O2. The average Bonchev–Trinajstić information content (AvgIpc) is 2.80. The van der Waals surface area contributed by atoms with Crippen LogP contribution in [0.1, 0.15) is 5.56 Å². The van der Waals surface area contributed by atoms with Gasteiger partial charge in [0.1, 0.15) is 11.3 Å². The van der Waals surface area contributed by atoms with E-state index in [1.54, 1.807) is 37.0 Å². The summed E-state index contributed by atoms with van der Waals surface area (Å²) in [5.74, 6) is 0.479. The fourth-order valence-corrected chi connectivity index (χ4v) is 1.93. The van der Waals surface area contributed by atoms with Crippen LogP contribution in [0.25, 0.3) is 22.4 Å². The van der Waals surface area contributed by atoms with Crippen molar-refractivity contribution in [2.75, 3.05) is 0 Å². The maximum absolute atomic E-state index is 12.2. The Hall–Kier alpha value is -2.43. The van der Waals surface area contributed by atoms with Crippen molar-refractivity contribution in [3.8, 4) is 11.5 Å². The molecule has 3 aromatic rings. The standard InChI is InChI=1S/C13H11N3O2/c1-8-12(17)9-5-3-4-6-11(9)18-13(8)10-7-16(2)15-14-10/h3-7H,1-2H3. The fraction of sp³-hybridized carbons (Fsp3) is 0.154. The molecule has 90 valence electrons. The van der Waals surface area contributed by atoms with Crippen molar-refractivity contribution < 1.29 is 4.42 Å². The molecule has 0 amide bonds. The van der Waals surface area contributed by atoms with Crippen LogP contribution in [-0.2, 0) is 7.05 Å². The Labute approximate surface area is 103 Å². The van der Waals surface area contributed by atoms with Crippen molar-refractivity contribution in [2.45, 2.75) is 6.92 Å². The molecule has 0 bridgehead atoms. The summed E-state index contributed by atoms with van der Waals surface area (Å²) >= 11 is 0. The van der Waals surface area contributed by atoms with Crippen molar-refractivity contribution in [1.29, 1.82) is 0 Å². The lowest BCUT2D eigenvalue weighted by Gasteiger charge is -2.03. The second kappa shape index (κ2) is 3.80. The summed E-state index contributed by atoms with van der Waals surface area (Å²) in [5.41, 5.74) is 1.65. The minimum atomic E-state index is -0.0301. The van der Waals surface area contributed by atoms with E-state index in [0.717, 1.165) is 0 Å². The lowest BCUT2D eigenvalue weighted by molar-refractivity contribution is 0.611. The molecule has 0 aliphatic rings. The molecular weight excluding hydrogens is 230 g/mol. The van der Waals surface area contributed by atoms with E-state index in [2.05, 4.69) is 10.3 Å². The van der Waals surface area contributed by atoms with Gasteiger partial charge < -0.3 is 4.42 Å². The normalized spacial score (nSPS) is 11.0. The first-order valence-electron chi connectivity index (χ1n) is 5.56. The van der Waals surface area contributed by atoms with Gasteiger partial charge in [-0.05, 0) is 19.1 Å². The zero-order chi connectivity index (χ0) is 12.7. The van der Waals surface area contributed by atoms with Crippen LogP contribution in [0.5, 0.6) is 0 Å². The monoisotopic (exact) mass is 241 g/mol. The summed E-state index contributed by atoms with van der Waals surface area (Å²) in [4.78, 5) is 12.2. The molecule has 0 radical (unpaired) electrons. The summed E-state index contributed by atoms with van der Waals surface area (Å²) in [5, 5.41) is 8.41. The number of rotatable bonds is 1. The largest absolute Gasteiger partial charge is 0.454 e. The zero-order valence-electron chi connectivity index (χ0n) is 10.0. The van der Waals surface area contributed by atoms with Gasteiger partial charge in [0.15, 0.2) is 11.2 Å². The number of aryl methyl sites for hydroxylation is 1. The van der Waals surface area contributed by atoms with Gasteiger partial charge in [-0.25, -0.2) is 0 Å². The van der Waals surface area contributed by atoms with Crippen LogP contribution in [-0.4, -0.2) is 15.0 Å². The molecule has 0 spiro atoms. The lowest BCUT2D eigenvalue weighted by Crippen LogP contribution is -2.07. The molecule has 2 aromatic heterocycles. The number of hydrogen-bond acceptors (Lipinski definition) is 4. The molecule has 0 saturated carbocycles. The molecule has 5 nitrogen and oxygen atoms in total. The van der Waals surface area contributed by atoms with E-state index in [4.69, 9.17) is 4.42 Å². The van der Waals surface area contributed by atoms with E-state index in [1.807, 2.05) is 12.1 Å². The van der Waals surface area contributed by atoms with Crippen LogP contribution in [0.3, 0.4) is 0 Å². The van der Waals surface area contributed by atoms with E-state index >= 15 is 0 Å². The van der Waals surface area contributed by atoms with Crippen LogP contribution in [0.15, 0.2) is 39.7 Å². The number of aromatic nitrogens is 3. The maximum Gasteiger partial charge on any atom is 0.196 e. The summed E-state index contributed by atoms with van der Waals surface area (Å²) < 4.78 is 7.33. The smallest absolute Gasteiger partial charge is 0.196 e. The van der Waals surface area contributed by atoms with E-state index < -0.39 is 0 Å². The Bertz CT molecular complexity index is 786. The molecule has 0 aliphatic heterocycles. The van der Waals surface area contributed by atoms with Gasteiger partial charge in [-0.1, -0.05) is 17.3 Å². The van der Waals surface area contributed by atoms with Crippen molar-refractivity contribution in [3.05, 3.63) is 46.2 Å². The third-order valence-corrected chi connectivity index (χ3v) is 2.86. The molecule has 0 fully saturated rings. The molecule has 0 N–H and O–H groups in total. The van der Waals surface area contributed by atoms with Gasteiger partial charge in [0.05, 0.1) is 11.6 Å². The van der Waals surface area contributed by atoms with Gasteiger partial charge in [0, 0.05) is 12.6 Å². The van der Waals surface area contributed by atoms with Crippen molar-refractivity contribution in [3.63, 3.8) is 0 Å². The van der Waals surface area contributed by atoms with E-state index in [9.17, 15) is 4.79 Å². The van der Waals surface area contributed by atoms with E-state index in [0.29, 0.717) is 28.0 Å². The molecule has 0 aliphatic carbocycles. The Balaban J connectivity index is 2.37. The van der Waals surface area contributed by atoms with Crippen LogP contribution in [0.2, 0.25) is 0 Å². The first kappa shape index (κ1) is 10.7. The SMILES string of the molecule is Cc1c(-c2cn(C)nn2)oc2ccccc2c1=O. The quantitative estimate of drug-likeness (QED) is 0.652. The summed E-state index contributed by atoms with van der Waals surface area (Å²) in [6.45, 7) is 1.74. The van der Waals surface area contributed by atoms with Gasteiger partial charge in [-0.3, -0.25) is 9.48 Å². The minimum Gasteiger partial charge on any atom is -0.454 e. The molecule has 0 unspecified atom stereocenters. The highest BCUT2D eigenvalue weighted by molar-refractivity contribution is 5.79. The molecule has 18 heavy (non-hydrogen) atoms. The summed E-state index contributed by atoms with van der Waals surface area (Å²) in [6, 6.07) is 7.19. The first-order valence-corrected chi connectivity index (χ1v) is 5.56. The topological polar surface area (TPSA) is 60.9 Å². The van der Waals surface area contributed by atoms with Crippen LogP contribution in [0, 0.1) is 6.92 Å². The van der Waals surface area contributed by atoms with Crippen molar-refractivity contribution in [1.82, 2.24) is 15.0 Å². The Morgan fingerprint density at radius 2 is 2.06 bits per heavy atom. The molecule has 1 aromatic carbocycles. The summed E-state index contributed by atoms with van der Waals surface area (Å²) in [6.07, 6.45) is 1.72. The predicted molar refractivity (Wildman–Crippen MR) is 67.2 cm³/mol. The predicted octanol–water partition coefficient (Wildman–Crippen LogP) is 1.90. The molecule has 3 rings (SSSR count). The van der Waals surface area contributed by atoms with Gasteiger partial charge in [-0.2, -0.15) is 0 Å². The molecule has 5 heteroatoms. The maximum atomic E-state index is 12.2. The van der Waals surface area contributed by atoms with Gasteiger partial charge in [-0.15, -0.1) is 5.10 Å². The van der Waals surface area contributed by atoms with Crippen LogP contribution in [0.4, 0.5) is 0 Å². The van der Waals surface area contributed by atoms with E-state index in [1.165, 1.54) is 0 Å². The van der Waals surface area contributed by atoms with E-state index in [-0.39, 0.29) is 5.43 Å². The number of fused-ring (bicyclic) bond motifs is 1. The highest BCUT2D eigenvalue weighted by atomic mass is 16.3. The third kappa shape index (κ3) is 1.52. The highest BCUT2D eigenvalue weighted by Gasteiger charge is 2.14. The van der Waals surface area contributed by atoms with Crippen LogP contribution < -0.4 is 5.43 Å². The number of hydrogen-bond donors (Lipinski definition) is 0. The average molecular weight is 241 g/mol. The number of para-hydroxylation sites is 1. The molecule has 0 saturated heterocycles. The van der Waals surface area contributed by atoms with Crippen LogP contribution >= 0.6 is 0 Å². The van der Waals surface area contributed by atoms with Crippen molar-refractivity contribution in [2.24, 2.45) is 7.05 Å². The van der Waals surface area contributed by atoms with Crippen molar-refractivity contribution >= 4 is 11.0 Å². The Kier molecular flexibility index (Phi) is 2.26. The molecule has 0 atom stereocenters. The van der Waals surface area contributed by atoms with Gasteiger partial charge >= 0.3 is 0 Å². The Morgan fingerprint density at radius 1 is 1.28 bits per heavy atom. The number of benzene rings is 1. The zero-order valence-corrected chi connectivity index (χ0v) is 10.0. The summed E-state index contributed by atoms with van der Waals surface area (Å²) in [7, 11) is 1.77. The fourth-order valence-electron chi connectivity index (χ4n) is 1.93. The lowest BCUT2D eigenvalue weighted by atomic mass is 10.1. The van der Waals surface area contributed by atoms with Gasteiger partial charge in [0.25, 0.3) is 0 Å². The highest BCUT2D eigenvalue weighted by Crippen LogP contribution is 2.23. The number of nitrogens with zero attached hydrogens (tertiary/aromatic N) is 3. The Morgan fingerprint density at radius 3 is 2.78 bits per heavy atom. The molecule has 2 heterocycles. The minimum absolute atomic E-state index is 0.0301. The second-order valence-electron chi connectivity index (χ2n) is 4.16.